The highest BCUT2D eigenvalue weighted by atomic mass is 32.2. The Balaban J connectivity index is 2.11. The lowest BCUT2D eigenvalue weighted by molar-refractivity contribution is 0.0818. The van der Waals surface area contributed by atoms with Crippen molar-refractivity contribution in [1.29, 1.82) is 0 Å². The molecule has 1 aromatic carbocycles. The molecule has 0 aromatic heterocycles. The fourth-order valence-electron chi connectivity index (χ4n) is 3.80. The molecule has 3 rings (SSSR count). The fraction of sp³-hybridized carbons (Fsp3) is 0.438. The van der Waals surface area contributed by atoms with E-state index in [2.05, 4.69) is 0 Å². The van der Waals surface area contributed by atoms with Gasteiger partial charge in [0.2, 0.25) is 0 Å². The van der Waals surface area contributed by atoms with Crippen molar-refractivity contribution in [2.75, 3.05) is 18.0 Å². The van der Waals surface area contributed by atoms with Crippen LogP contribution in [0.4, 0.5) is 14.9 Å². The highest BCUT2D eigenvalue weighted by Gasteiger charge is 2.56. The van der Waals surface area contributed by atoms with Crippen molar-refractivity contribution < 1.29 is 27.4 Å². The lowest BCUT2D eigenvalue weighted by Crippen LogP contribution is -2.59. The first-order valence-corrected chi connectivity index (χ1v) is 9.28. The second-order valence-electron chi connectivity index (χ2n) is 6.29. The minimum atomic E-state index is -3.87. The summed E-state index contributed by atoms with van der Waals surface area (Å²) in [6.07, 6.45) is -0.614. The van der Waals surface area contributed by atoms with Crippen molar-refractivity contribution in [3.05, 3.63) is 41.2 Å². The Kier molecular flexibility index (Phi) is 4.14. The molecular formula is C16H19FN2O5S. The van der Waals surface area contributed by atoms with Gasteiger partial charge in [0.05, 0.1) is 18.2 Å². The third-order valence-corrected chi connectivity index (χ3v) is 6.38. The fourth-order valence-corrected chi connectivity index (χ4v) is 5.64. The summed E-state index contributed by atoms with van der Waals surface area (Å²) in [5.74, 6) is -0.307. The highest BCUT2D eigenvalue weighted by molar-refractivity contribution is 7.96. The van der Waals surface area contributed by atoms with Crippen LogP contribution in [0.3, 0.4) is 0 Å². The summed E-state index contributed by atoms with van der Waals surface area (Å²) in [6, 6.07) is 4.92. The van der Waals surface area contributed by atoms with Gasteiger partial charge < -0.3 is 14.7 Å². The number of piperidine rings is 1. The standard InChI is InChI=1S/C16H19FN2O5S/c1-11-9-16(6-7-18(11)15(20)21)14(24-2)10-25(22,23)19(16)13-5-3-4-12(17)8-13/h3-5,8,10-11H,6-7,9H2,1-2H3,(H,20,21). The van der Waals surface area contributed by atoms with Crippen molar-refractivity contribution in [3.63, 3.8) is 0 Å². The molecule has 2 aliphatic rings. The second kappa shape index (κ2) is 5.91. The van der Waals surface area contributed by atoms with E-state index in [9.17, 15) is 22.7 Å². The minimum Gasteiger partial charge on any atom is -0.498 e. The van der Waals surface area contributed by atoms with Gasteiger partial charge in [0.15, 0.2) is 0 Å². The van der Waals surface area contributed by atoms with Crippen molar-refractivity contribution in [3.8, 4) is 0 Å². The SMILES string of the molecule is COC1=CS(=O)(=O)N(c2cccc(F)c2)C12CCN(C(=O)O)C(C)C2. The Morgan fingerprint density at radius 1 is 1.44 bits per heavy atom. The number of carboxylic acid groups (broad SMARTS) is 1. The van der Waals surface area contributed by atoms with Gasteiger partial charge in [-0.3, -0.25) is 4.31 Å². The van der Waals surface area contributed by atoms with Gasteiger partial charge in [0.1, 0.15) is 17.1 Å². The van der Waals surface area contributed by atoms with Crippen LogP contribution in [-0.4, -0.2) is 49.8 Å². The lowest BCUT2D eigenvalue weighted by Gasteiger charge is -2.47. The van der Waals surface area contributed by atoms with Crippen LogP contribution in [0.2, 0.25) is 0 Å². The topological polar surface area (TPSA) is 87.2 Å². The molecule has 1 N–H and O–H groups in total. The number of hydrogen-bond acceptors (Lipinski definition) is 4. The zero-order chi connectivity index (χ0) is 18.4. The zero-order valence-electron chi connectivity index (χ0n) is 13.8. The van der Waals surface area contributed by atoms with Crippen molar-refractivity contribution in [1.82, 2.24) is 4.90 Å². The average molecular weight is 370 g/mol. The maximum Gasteiger partial charge on any atom is 0.407 e. The number of hydrogen-bond donors (Lipinski definition) is 1. The number of sulfonamides is 1. The van der Waals surface area contributed by atoms with Crippen LogP contribution >= 0.6 is 0 Å². The molecule has 7 nitrogen and oxygen atoms in total. The van der Waals surface area contributed by atoms with Gasteiger partial charge >= 0.3 is 6.09 Å². The number of likely N-dealkylation sites (tertiary alicyclic amines) is 1. The summed E-state index contributed by atoms with van der Waals surface area (Å²) in [6.45, 7) is 1.87. The van der Waals surface area contributed by atoms with Gasteiger partial charge in [-0.2, -0.15) is 0 Å². The quantitative estimate of drug-likeness (QED) is 0.864. The number of anilines is 1. The summed E-state index contributed by atoms with van der Waals surface area (Å²) < 4.78 is 45.7. The van der Waals surface area contributed by atoms with E-state index in [1.165, 1.54) is 30.2 Å². The van der Waals surface area contributed by atoms with E-state index in [0.717, 1.165) is 15.8 Å². The van der Waals surface area contributed by atoms with Gasteiger partial charge in [0.25, 0.3) is 10.0 Å². The summed E-state index contributed by atoms with van der Waals surface area (Å²) in [4.78, 5) is 12.6. The van der Waals surface area contributed by atoms with Gasteiger partial charge in [0, 0.05) is 12.6 Å². The van der Waals surface area contributed by atoms with E-state index in [4.69, 9.17) is 4.74 Å². The van der Waals surface area contributed by atoms with Gasteiger partial charge in [-0.25, -0.2) is 17.6 Å². The molecule has 9 heteroatoms. The molecule has 1 amide bonds. The molecule has 2 unspecified atom stereocenters. The number of carbonyl (C=O) groups is 1. The molecule has 2 aliphatic heterocycles. The Morgan fingerprint density at radius 2 is 2.16 bits per heavy atom. The molecule has 1 fully saturated rings. The van der Waals surface area contributed by atoms with Crippen molar-refractivity contribution in [2.45, 2.75) is 31.3 Å². The molecule has 1 aromatic rings. The molecule has 136 valence electrons. The van der Waals surface area contributed by atoms with Gasteiger partial charge in [-0.05, 0) is 38.0 Å². The number of amides is 1. The normalized spacial score (nSPS) is 28.1. The molecule has 1 saturated heterocycles. The van der Waals surface area contributed by atoms with E-state index < -0.39 is 33.5 Å². The Morgan fingerprint density at radius 3 is 2.72 bits per heavy atom. The molecule has 1 spiro atoms. The van der Waals surface area contributed by atoms with Crippen LogP contribution in [0.5, 0.6) is 0 Å². The van der Waals surface area contributed by atoms with E-state index >= 15 is 0 Å². The highest BCUT2D eigenvalue weighted by Crippen LogP contribution is 2.47. The first kappa shape index (κ1) is 17.5. The zero-order valence-corrected chi connectivity index (χ0v) is 14.7. The smallest absolute Gasteiger partial charge is 0.407 e. The largest absolute Gasteiger partial charge is 0.498 e. The maximum atomic E-state index is 13.7. The molecule has 0 aliphatic carbocycles. The number of nitrogens with zero attached hydrogens (tertiary/aromatic N) is 2. The molecule has 25 heavy (non-hydrogen) atoms. The number of halogens is 1. The predicted octanol–water partition coefficient (Wildman–Crippen LogP) is 2.36. The van der Waals surface area contributed by atoms with Crippen molar-refractivity contribution in [2.24, 2.45) is 0 Å². The first-order chi connectivity index (χ1) is 11.7. The average Bonchev–Trinajstić information content (AvgIpc) is 2.73. The third kappa shape index (κ3) is 2.72. The van der Waals surface area contributed by atoms with Gasteiger partial charge in [-0.1, -0.05) is 6.07 Å². The molecular weight excluding hydrogens is 351 g/mol. The van der Waals surface area contributed by atoms with Crippen LogP contribution in [0.25, 0.3) is 0 Å². The van der Waals surface area contributed by atoms with E-state index in [1.807, 2.05) is 0 Å². The first-order valence-electron chi connectivity index (χ1n) is 7.78. The Labute approximate surface area is 145 Å². The third-order valence-electron chi connectivity index (χ3n) is 4.80. The van der Waals surface area contributed by atoms with Crippen LogP contribution in [-0.2, 0) is 14.8 Å². The van der Waals surface area contributed by atoms with E-state index in [0.29, 0.717) is 0 Å². The number of rotatable bonds is 2. The van der Waals surface area contributed by atoms with E-state index in [-0.39, 0.29) is 30.8 Å². The van der Waals surface area contributed by atoms with Crippen LogP contribution in [0.1, 0.15) is 19.8 Å². The maximum absolute atomic E-state index is 13.7. The van der Waals surface area contributed by atoms with E-state index in [1.54, 1.807) is 6.92 Å². The molecule has 2 heterocycles. The second-order valence-corrected chi connectivity index (χ2v) is 7.92. The van der Waals surface area contributed by atoms with Crippen molar-refractivity contribution >= 4 is 21.8 Å². The number of methoxy groups -OCH3 is 1. The summed E-state index contributed by atoms with van der Waals surface area (Å²) >= 11 is 0. The number of benzene rings is 1. The predicted molar refractivity (Wildman–Crippen MR) is 89.0 cm³/mol. The molecule has 0 bridgehead atoms. The van der Waals surface area contributed by atoms with Crippen LogP contribution in [0.15, 0.2) is 35.4 Å². The molecule has 0 radical (unpaired) electrons. The molecule has 2 atom stereocenters. The lowest BCUT2D eigenvalue weighted by atomic mass is 9.82. The minimum absolute atomic E-state index is 0.151. The van der Waals surface area contributed by atoms with Gasteiger partial charge in [-0.15, -0.1) is 0 Å². The molecule has 0 saturated carbocycles. The monoisotopic (exact) mass is 370 g/mol. The Bertz CT molecular complexity index is 841. The summed E-state index contributed by atoms with van der Waals surface area (Å²) in [7, 11) is -2.49. The summed E-state index contributed by atoms with van der Waals surface area (Å²) in [5, 5.41) is 10.3. The van der Waals surface area contributed by atoms with Crippen LogP contribution < -0.4 is 4.31 Å². The number of ether oxygens (including phenoxy) is 1. The summed E-state index contributed by atoms with van der Waals surface area (Å²) in [5.41, 5.74) is -0.869. The Hall–Kier alpha value is -2.29. The van der Waals surface area contributed by atoms with Crippen LogP contribution in [0, 0.1) is 5.82 Å².